The van der Waals surface area contributed by atoms with Gasteiger partial charge in [-0.05, 0) is 43.9 Å². The van der Waals surface area contributed by atoms with Crippen LogP contribution in [0.15, 0.2) is 63.5 Å². The van der Waals surface area contributed by atoms with Crippen molar-refractivity contribution in [1.29, 1.82) is 0 Å². The minimum atomic E-state index is -0.533. The normalized spacial score (nSPS) is 15.5. The van der Waals surface area contributed by atoms with Crippen molar-refractivity contribution < 1.29 is 13.9 Å². The first-order valence-electron chi connectivity index (χ1n) is 9.76. The number of rotatable bonds is 7. The van der Waals surface area contributed by atoms with Crippen molar-refractivity contribution in [2.75, 3.05) is 23.0 Å². The summed E-state index contributed by atoms with van der Waals surface area (Å²) >= 11 is 1.54. The van der Waals surface area contributed by atoms with Gasteiger partial charge in [0.1, 0.15) is 17.6 Å². The number of allylic oxidation sites excluding steroid dienone is 1. The number of amides is 1. The van der Waals surface area contributed by atoms with Crippen LogP contribution in [0.2, 0.25) is 0 Å². The van der Waals surface area contributed by atoms with Crippen LogP contribution in [0.1, 0.15) is 32.6 Å². The molecule has 3 aromatic rings. The highest BCUT2D eigenvalue weighted by molar-refractivity contribution is 7.99. The molecule has 3 heterocycles. The maximum Gasteiger partial charge on any atom is 0.256 e. The second-order valence-electron chi connectivity index (χ2n) is 6.56. The Hall–Kier alpha value is -3.20. The van der Waals surface area contributed by atoms with Gasteiger partial charge in [-0.1, -0.05) is 30.8 Å². The number of hydrogen-bond acceptors (Lipinski definition) is 7. The Morgan fingerprint density at radius 3 is 2.87 bits per heavy atom. The molecule has 0 spiro atoms. The van der Waals surface area contributed by atoms with Gasteiger partial charge in [0, 0.05) is 5.70 Å². The van der Waals surface area contributed by atoms with Crippen LogP contribution >= 0.6 is 11.8 Å². The van der Waals surface area contributed by atoms with Gasteiger partial charge in [0.15, 0.2) is 0 Å². The standard InChI is InChI=1S/C21H23N5O3S/c1-4-28-15-10-7-6-9-14(15)23-19(27)17-13(3)22-20-24-21(30-5-2)25-26(20)18(17)16-11-8-12-29-16/h6-12,18H,4-5H2,1-3H3,(H,23,27)(H,22,24,25)/t18-/m1/s1. The van der Waals surface area contributed by atoms with Crippen LogP contribution in [-0.4, -0.2) is 33.0 Å². The van der Waals surface area contributed by atoms with E-state index in [9.17, 15) is 4.79 Å². The van der Waals surface area contributed by atoms with Gasteiger partial charge >= 0.3 is 0 Å². The van der Waals surface area contributed by atoms with Crippen LogP contribution in [0.25, 0.3) is 0 Å². The number of hydrogen-bond donors (Lipinski definition) is 2. The molecule has 156 valence electrons. The van der Waals surface area contributed by atoms with E-state index in [0.717, 1.165) is 5.75 Å². The largest absolute Gasteiger partial charge is 0.492 e. The minimum Gasteiger partial charge on any atom is -0.492 e. The van der Waals surface area contributed by atoms with E-state index in [4.69, 9.17) is 9.15 Å². The lowest BCUT2D eigenvalue weighted by molar-refractivity contribution is -0.113. The Bertz CT molecular complexity index is 1070. The lowest BCUT2D eigenvalue weighted by Gasteiger charge is -2.27. The summed E-state index contributed by atoms with van der Waals surface area (Å²) in [6.45, 7) is 6.30. The smallest absolute Gasteiger partial charge is 0.256 e. The van der Waals surface area contributed by atoms with Crippen LogP contribution in [0, 0.1) is 0 Å². The lowest BCUT2D eigenvalue weighted by Crippen LogP contribution is -2.31. The van der Waals surface area contributed by atoms with E-state index in [1.165, 1.54) is 11.8 Å². The Morgan fingerprint density at radius 1 is 1.30 bits per heavy atom. The number of aromatic nitrogens is 3. The number of anilines is 2. The summed E-state index contributed by atoms with van der Waals surface area (Å²) in [5.41, 5.74) is 1.80. The molecule has 4 rings (SSSR count). The lowest BCUT2D eigenvalue weighted by atomic mass is 10.00. The summed E-state index contributed by atoms with van der Waals surface area (Å²) in [5, 5.41) is 11.4. The molecule has 0 aliphatic carbocycles. The number of fused-ring (bicyclic) bond motifs is 1. The monoisotopic (exact) mass is 425 g/mol. The molecule has 1 aliphatic rings. The molecule has 1 aliphatic heterocycles. The van der Waals surface area contributed by atoms with Gasteiger partial charge in [-0.2, -0.15) is 4.98 Å². The van der Waals surface area contributed by atoms with Gasteiger partial charge in [0.25, 0.3) is 5.91 Å². The number of para-hydroxylation sites is 2. The summed E-state index contributed by atoms with van der Waals surface area (Å²) in [7, 11) is 0. The topological polar surface area (TPSA) is 94.2 Å². The highest BCUT2D eigenvalue weighted by Gasteiger charge is 2.36. The summed E-state index contributed by atoms with van der Waals surface area (Å²) in [6.07, 6.45) is 1.59. The predicted molar refractivity (Wildman–Crippen MR) is 116 cm³/mol. The van der Waals surface area contributed by atoms with Gasteiger partial charge in [-0.25, -0.2) is 4.68 Å². The third-order valence-corrected chi connectivity index (χ3v) is 5.32. The molecule has 30 heavy (non-hydrogen) atoms. The molecule has 0 saturated carbocycles. The van der Waals surface area contributed by atoms with Crippen LogP contribution in [0.3, 0.4) is 0 Å². The number of carbonyl (C=O) groups is 1. The molecule has 1 amide bonds. The van der Waals surface area contributed by atoms with Crippen molar-refractivity contribution in [3.63, 3.8) is 0 Å². The molecule has 1 aromatic carbocycles. The fourth-order valence-corrected chi connectivity index (χ4v) is 3.92. The third kappa shape index (κ3) is 3.80. The zero-order chi connectivity index (χ0) is 21.1. The summed E-state index contributed by atoms with van der Waals surface area (Å²) in [6, 6.07) is 10.5. The zero-order valence-corrected chi connectivity index (χ0v) is 17.8. The maximum atomic E-state index is 13.4. The second kappa shape index (κ2) is 8.66. The quantitative estimate of drug-likeness (QED) is 0.545. The van der Waals surface area contributed by atoms with E-state index in [1.54, 1.807) is 17.0 Å². The number of nitrogens with one attached hydrogen (secondary N) is 2. The van der Waals surface area contributed by atoms with Crippen molar-refractivity contribution in [3.05, 3.63) is 59.7 Å². The average Bonchev–Trinajstić information content (AvgIpc) is 3.38. The molecule has 0 bridgehead atoms. The number of ether oxygens (including phenoxy) is 1. The van der Waals surface area contributed by atoms with Crippen LogP contribution in [-0.2, 0) is 4.79 Å². The highest BCUT2D eigenvalue weighted by Crippen LogP contribution is 2.37. The predicted octanol–water partition coefficient (Wildman–Crippen LogP) is 4.31. The van der Waals surface area contributed by atoms with Crippen LogP contribution < -0.4 is 15.4 Å². The van der Waals surface area contributed by atoms with E-state index in [2.05, 4.69) is 20.7 Å². The molecule has 0 radical (unpaired) electrons. The average molecular weight is 426 g/mol. The Balaban J connectivity index is 1.72. The first-order valence-corrected chi connectivity index (χ1v) is 10.7. The van der Waals surface area contributed by atoms with Crippen molar-refractivity contribution in [1.82, 2.24) is 14.8 Å². The van der Waals surface area contributed by atoms with Crippen molar-refractivity contribution >= 4 is 29.3 Å². The maximum absolute atomic E-state index is 13.4. The summed E-state index contributed by atoms with van der Waals surface area (Å²) in [4.78, 5) is 18.0. The van der Waals surface area contributed by atoms with Gasteiger partial charge in [0.2, 0.25) is 11.1 Å². The number of benzene rings is 1. The Labute approximate surface area is 178 Å². The number of furan rings is 1. The molecule has 8 nitrogen and oxygen atoms in total. The SMILES string of the molecule is CCOc1ccccc1NC(=O)C1=C(C)Nc2nc(SCC)nn2[C@@H]1c1ccco1. The zero-order valence-electron chi connectivity index (χ0n) is 17.0. The van der Waals surface area contributed by atoms with Gasteiger partial charge in [0.05, 0.1) is 24.1 Å². The molecular formula is C21H23N5O3S. The van der Waals surface area contributed by atoms with E-state index in [-0.39, 0.29) is 5.91 Å². The van der Waals surface area contributed by atoms with E-state index in [1.807, 2.05) is 51.1 Å². The molecule has 0 unspecified atom stereocenters. The van der Waals surface area contributed by atoms with E-state index >= 15 is 0 Å². The van der Waals surface area contributed by atoms with E-state index in [0.29, 0.717) is 46.2 Å². The third-order valence-electron chi connectivity index (χ3n) is 4.60. The van der Waals surface area contributed by atoms with Crippen molar-refractivity contribution in [3.8, 4) is 5.75 Å². The number of thioether (sulfide) groups is 1. The van der Waals surface area contributed by atoms with Crippen LogP contribution in [0.4, 0.5) is 11.6 Å². The molecule has 9 heteroatoms. The first kappa shape index (κ1) is 20.1. The highest BCUT2D eigenvalue weighted by atomic mass is 32.2. The van der Waals surface area contributed by atoms with Gasteiger partial charge in [-0.3, -0.25) is 4.79 Å². The van der Waals surface area contributed by atoms with Gasteiger partial charge in [-0.15, -0.1) is 5.10 Å². The number of carbonyl (C=O) groups excluding carboxylic acids is 1. The van der Waals surface area contributed by atoms with Gasteiger partial charge < -0.3 is 19.8 Å². The number of nitrogens with zero attached hydrogens (tertiary/aromatic N) is 3. The molecule has 2 N–H and O–H groups in total. The van der Waals surface area contributed by atoms with Crippen LogP contribution in [0.5, 0.6) is 5.75 Å². The fourth-order valence-electron chi connectivity index (χ4n) is 3.37. The van der Waals surface area contributed by atoms with Crippen molar-refractivity contribution in [2.45, 2.75) is 32.0 Å². The molecule has 2 aromatic heterocycles. The van der Waals surface area contributed by atoms with E-state index < -0.39 is 6.04 Å². The second-order valence-corrected chi connectivity index (χ2v) is 7.79. The molecule has 1 atom stereocenters. The molecule has 0 fully saturated rings. The first-order chi connectivity index (χ1) is 14.6. The minimum absolute atomic E-state index is 0.264. The van der Waals surface area contributed by atoms with Crippen molar-refractivity contribution in [2.24, 2.45) is 0 Å². The molecule has 0 saturated heterocycles. The summed E-state index contributed by atoms with van der Waals surface area (Å²) < 4.78 is 13.0. The molecular weight excluding hydrogens is 402 g/mol. The Kier molecular flexibility index (Phi) is 5.80. The summed E-state index contributed by atoms with van der Waals surface area (Å²) in [5.74, 6) is 2.39. The fraction of sp³-hybridized carbons (Fsp3) is 0.286. The Morgan fingerprint density at radius 2 is 2.13 bits per heavy atom.